The number of nitro benzene ring substituents is 1. The summed E-state index contributed by atoms with van der Waals surface area (Å²) in [7, 11) is 0. The van der Waals surface area contributed by atoms with Gasteiger partial charge in [0.2, 0.25) is 0 Å². The van der Waals surface area contributed by atoms with Crippen LogP contribution >= 0.6 is 0 Å². The zero-order chi connectivity index (χ0) is 14.9. The highest BCUT2D eigenvalue weighted by molar-refractivity contribution is 6.36. The van der Waals surface area contributed by atoms with Crippen molar-refractivity contribution < 1.29 is 19.3 Å². The number of Topliss-reactive ketones (excluding diaryl/α,β-unsaturated/α-hetero) is 3. The normalized spacial score (nSPS) is 17.1. The molecule has 0 aromatic heterocycles. The van der Waals surface area contributed by atoms with Gasteiger partial charge in [0.15, 0.2) is 17.3 Å². The van der Waals surface area contributed by atoms with Gasteiger partial charge in [0.25, 0.3) is 5.69 Å². The molecular formula is C14H13NO5. The molecule has 0 N–H and O–H groups in total. The van der Waals surface area contributed by atoms with Crippen molar-refractivity contribution in [2.24, 2.45) is 5.92 Å². The molecule has 0 bridgehead atoms. The number of nitrogens with zero attached hydrogens (tertiary/aromatic N) is 1. The molecule has 1 aromatic rings. The molecule has 6 nitrogen and oxygen atoms in total. The van der Waals surface area contributed by atoms with Crippen LogP contribution in [0.25, 0.3) is 0 Å². The van der Waals surface area contributed by atoms with E-state index in [1.807, 2.05) is 6.92 Å². The molecular weight excluding hydrogens is 262 g/mol. The third-order valence-electron chi connectivity index (χ3n) is 3.37. The van der Waals surface area contributed by atoms with Crippen molar-refractivity contribution in [3.05, 3.63) is 39.4 Å². The number of carbonyl (C=O) groups excluding carboxylic acids is 3. The zero-order valence-corrected chi connectivity index (χ0v) is 10.9. The summed E-state index contributed by atoms with van der Waals surface area (Å²) in [5.74, 6) is -3.20. The lowest BCUT2D eigenvalue weighted by Gasteiger charge is -2.04. The van der Waals surface area contributed by atoms with Crippen LogP contribution in [0.5, 0.6) is 0 Å². The van der Waals surface area contributed by atoms with E-state index in [2.05, 4.69) is 0 Å². The Kier molecular flexibility index (Phi) is 3.74. The van der Waals surface area contributed by atoms with Gasteiger partial charge in [0.1, 0.15) is 11.5 Å². The second-order valence-electron chi connectivity index (χ2n) is 4.69. The number of nitro groups is 1. The van der Waals surface area contributed by atoms with Crippen molar-refractivity contribution in [2.75, 3.05) is 0 Å². The number of benzene rings is 1. The molecule has 0 fully saturated rings. The Bertz CT molecular complexity index is 620. The molecule has 0 radical (unpaired) electrons. The molecule has 1 aromatic carbocycles. The first-order valence-corrected chi connectivity index (χ1v) is 6.37. The number of rotatable bonds is 5. The van der Waals surface area contributed by atoms with Gasteiger partial charge in [-0.05, 0) is 6.42 Å². The lowest BCUT2D eigenvalue weighted by atomic mass is 9.95. The molecule has 0 saturated heterocycles. The average Bonchev–Trinajstić information content (AvgIpc) is 2.68. The highest BCUT2D eigenvalue weighted by atomic mass is 16.6. The first kappa shape index (κ1) is 14.0. The molecule has 104 valence electrons. The minimum atomic E-state index is -1.39. The smallest absolute Gasteiger partial charge is 0.280 e. The largest absolute Gasteiger partial charge is 0.298 e. The molecule has 6 heteroatoms. The lowest BCUT2D eigenvalue weighted by Crippen LogP contribution is -2.25. The van der Waals surface area contributed by atoms with Crippen molar-refractivity contribution in [3.8, 4) is 0 Å². The maximum Gasteiger partial charge on any atom is 0.280 e. The number of ketones is 3. The molecule has 0 spiro atoms. The first-order chi connectivity index (χ1) is 9.49. The summed E-state index contributed by atoms with van der Waals surface area (Å²) < 4.78 is 0. The van der Waals surface area contributed by atoms with Crippen LogP contribution < -0.4 is 0 Å². The topological polar surface area (TPSA) is 94.3 Å². The molecule has 0 aliphatic heterocycles. The summed E-state index contributed by atoms with van der Waals surface area (Å²) in [4.78, 5) is 46.5. The van der Waals surface area contributed by atoms with Gasteiger partial charge in [-0.1, -0.05) is 25.5 Å². The SMILES string of the molecule is CCCCC(=O)C1C(=O)c2cccc([N+](=O)[O-])c2C1=O. The van der Waals surface area contributed by atoms with Crippen molar-refractivity contribution in [2.45, 2.75) is 26.2 Å². The van der Waals surface area contributed by atoms with E-state index in [1.54, 1.807) is 0 Å². The highest BCUT2D eigenvalue weighted by Gasteiger charge is 2.46. The molecule has 1 aliphatic carbocycles. The molecule has 20 heavy (non-hydrogen) atoms. The summed E-state index contributed by atoms with van der Waals surface area (Å²) in [6, 6.07) is 3.87. The molecule has 2 rings (SSSR count). The van der Waals surface area contributed by atoms with Crippen molar-refractivity contribution in [1.82, 2.24) is 0 Å². The van der Waals surface area contributed by atoms with Gasteiger partial charge in [0.05, 0.1) is 4.92 Å². The van der Waals surface area contributed by atoms with Gasteiger partial charge in [-0.15, -0.1) is 0 Å². The van der Waals surface area contributed by atoms with E-state index in [1.165, 1.54) is 18.2 Å². The minimum absolute atomic E-state index is 0.0148. The molecule has 0 saturated carbocycles. The Hall–Kier alpha value is -2.37. The number of fused-ring (bicyclic) bond motifs is 1. The first-order valence-electron chi connectivity index (χ1n) is 6.37. The Morgan fingerprint density at radius 3 is 2.60 bits per heavy atom. The van der Waals surface area contributed by atoms with Gasteiger partial charge in [-0.2, -0.15) is 0 Å². The zero-order valence-electron chi connectivity index (χ0n) is 10.9. The molecule has 1 unspecified atom stereocenters. The van der Waals surface area contributed by atoms with Crippen LogP contribution in [0.2, 0.25) is 0 Å². The molecule has 0 heterocycles. The number of hydrogen-bond acceptors (Lipinski definition) is 5. The van der Waals surface area contributed by atoms with Gasteiger partial charge in [-0.3, -0.25) is 24.5 Å². The monoisotopic (exact) mass is 275 g/mol. The Balaban J connectivity index is 2.43. The fourth-order valence-corrected chi connectivity index (χ4v) is 2.36. The van der Waals surface area contributed by atoms with Crippen LogP contribution in [0.3, 0.4) is 0 Å². The van der Waals surface area contributed by atoms with Gasteiger partial charge in [0, 0.05) is 18.1 Å². The van der Waals surface area contributed by atoms with Crippen LogP contribution in [0.15, 0.2) is 18.2 Å². The number of unbranched alkanes of at least 4 members (excludes halogenated alkanes) is 1. The van der Waals surface area contributed by atoms with E-state index in [-0.39, 0.29) is 17.5 Å². The van der Waals surface area contributed by atoms with Gasteiger partial charge >= 0.3 is 0 Å². The fraction of sp³-hybridized carbons (Fsp3) is 0.357. The van der Waals surface area contributed by atoms with Crippen LogP contribution in [-0.4, -0.2) is 22.3 Å². The van der Waals surface area contributed by atoms with Crippen LogP contribution in [0.1, 0.15) is 46.9 Å². The maximum absolute atomic E-state index is 12.2. The van der Waals surface area contributed by atoms with Crippen molar-refractivity contribution in [3.63, 3.8) is 0 Å². The van der Waals surface area contributed by atoms with Crippen LogP contribution in [-0.2, 0) is 4.79 Å². The summed E-state index contributed by atoms with van der Waals surface area (Å²) in [6.45, 7) is 1.89. The summed E-state index contributed by atoms with van der Waals surface area (Å²) in [5, 5.41) is 10.9. The van der Waals surface area contributed by atoms with Crippen LogP contribution in [0, 0.1) is 16.0 Å². The van der Waals surface area contributed by atoms with Gasteiger partial charge < -0.3 is 0 Å². The molecule has 1 atom stereocenters. The average molecular weight is 275 g/mol. The third-order valence-corrected chi connectivity index (χ3v) is 3.37. The number of carbonyl (C=O) groups is 3. The predicted molar refractivity (Wildman–Crippen MR) is 69.8 cm³/mol. The fourth-order valence-electron chi connectivity index (χ4n) is 2.36. The summed E-state index contributed by atoms with van der Waals surface area (Å²) in [5.41, 5.74) is -0.650. The van der Waals surface area contributed by atoms with E-state index in [9.17, 15) is 24.5 Å². The summed E-state index contributed by atoms with van der Waals surface area (Å²) >= 11 is 0. The van der Waals surface area contributed by atoms with E-state index < -0.39 is 33.9 Å². The number of hydrogen-bond donors (Lipinski definition) is 0. The van der Waals surface area contributed by atoms with Crippen molar-refractivity contribution in [1.29, 1.82) is 0 Å². The highest BCUT2D eigenvalue weighted by Crippen LogP contribution is 2.34. The van der Waals surface area contributed by atoms with E-state index in [0.29, 0.717) is 6.42 Å². The second kappa shape index (κ2) is 5.32. The molecule has 1 aliphatic rings. The van der Waals surface area contributed by atoms with E-state index in [4.69, 9.17) is 0 Å². The Morgan fingerprint density at radius 2 is 2.00 bits per heavy atom. The lowest BCUT2D eigenvalue weighted by molar-refractivity contribution is -0.385. The maximum atomic E-state index is 12.2. The standard InChI is InChI=1S/C14H13NO5/c1-2-3-7-10(16)12-13(17)8-5-4-6-9(15(19)20)11(8)14(12)18/h4-6,12H,2-3,7H2,1H3. The van der Waals surface area contributed by atoms with E-state index in [0.717, 1.165) is 6.42 Å². The Morgan fingerprint density at radius 1 is 1.30 bits per heavy atom. The molecule has 0 amide bonds. The van der Waals surface area contributed by atoms with E-state index >= 15 is 0 Å². The summed E-state index contributed by atoms with van der Waals surface area (Å²) in [6.07, 6.45) is 1.50. The second-order valence-corrected chi connectivity index (χ2v) is 4.69. The van der Waals surface area contributed by atoms with Crippen LogP contribution in [0.4, 0.5) is 5.69 Å². The minimum Gasteiger partial charge on any atom is -0.298 e. The Labute approximate surface area is 114 Å². The third kappa shape index (κ3) is 2.13. The van der Waals surface area contributed by atoms with Gasteiger partial charge in [-0.25, -0.2) is 0 Å². The quantitative estimate of drug-likeness (QED) is 0.467. The van der Waals surface area contributed by atoms with Crippen molar-refractivity contribution >= 4 is 23.0 Å². The predicted octanol–water partition coefficient (Wildman–Crippen LogP) is 2.35.